The van der Waals surface area contributed by atoms with E-state index in [2.05, 4.69) is 10.3 Å². The number of carbonyl (C=O) groups is 1. The lowest BCUT2D eigenvalue weighted by Crippen LogP contribution is -2.25. The van der Waals surface area contributed by atoms with E-state index in [9.17, 15) is 9.18 Å². The second kappa shape index (κ2) is 6.24. The molecular weight excluding hydrogens is 247 g/mol. The van der Waals surface area contributed by atoms with Crippen LogP contribution in [0.2, 0.25) is 0 Å². The van der Waals surface area contributed by atoms with Gasteiger partial charge in [0.25, 0.3) is 5.91 Å². The van der Waals surface area contributed by atoms with Gasteiger partial charge in [-0.1, -0.05) is 0 Å². The fourth-order valence-electron chi connectivity index (χ4n) is 1.75. The molecule has 0 atom stereocenters. The standard InChI is InChI=1S/C14H15FN2O2/c1-19-6-2-5-16-14(18)11-7-10-8-12(15)3-4-13(10)17-9-11/h3-4,7-9H,2,5-6H2,1H3,(H,16,18). The van der Waals surface area contributed by atoms with Crippen molar-refractivity contribution in [3.8, 4) is 0 Å². The van der Waals surface area contributed by atoms with Gasteiger partial charge in [0.1, 0.15) is 5.82 Å². The number of amides is 1. The van der Waals surface area contributed by atoms with Gasteiger partial charge in [-0.3, -0.25) is 9.78 Å². The summed E-state index contributed by atoms with van der Waals surface area (Å²) < 4.78 is 18.0. The zero-order chi connectivity index (χ0) is 13.7. The fourth-order valence-corrected chi connectivity index (χ4v) is 1.75. The molecule has 1 aromatic carbocycles. The summed E-state index contributed by atoms with van der Waals surface area (Å²) in [6.45, 7) is 1.13. The van der Waals surface area contributed by atoms with Crippen LogP contribution in [-0.2, 0) is 4.74 Å². The SMILES string of the molecule is COCCCNC(=O)c1cnc2ccc(F)cc2c1. The lowest BCUT2D eigenvalue weighted by Gasteiger charge is -2.05. The molecule has 19 heavy (non-hydrogen) atoms. The van der Waals surface area contributed by atoms with E-state index in [1.165, 1.54) is 18.3 Å². The highest BCUT2D eigenvalue weighted by Crippen LogP contribution is 2.14. The van der Waals surface area contributed by atoms with Crippen molar-refractivity contribution in [2.45, 2.75) is 6.42 Å². The van der Waals surface area contributed by atoms with Gasteiger partial charge in [-0.25, -0.2) is 4.39 Å². The first kappa shape index (κ1) is 13.4. The molecule has 1 N–H and O–H groups in total. The van der Waals surface area contributed by atoms with Gasteiger partial charge in [0, 0.05) is 31.8 Å². The highest BCUT2D eigenvalue weighted by Gasteiger charge is 2.07. The molecule has 0 aliphatic heterocycles. The number of nitrogens with zero attached hydrogens (tertiary/aromatic N) is 1. The number of halogens is 1. The summed E-state index contributed by atoms with van der Waals surface area (Å²) in [5.74, 6) is -0.554. The van der Waals surface area contributed by atoms with E-state index in [1.54, 1.807) is 19.2 Å². The number of nitrogens with one attached hydrogen (secondary N) is 1. The molecule has 0 radical (unpaired) electrons. The molecule has 0 aliphatic rings. The highest BCUT2D eigenvalue weighted by molar-refractivity contribution is 5.97. The van der Waals surface area contributed by atoms with Crippen LogP contribution in [0.15, 0.2) is 30.5 Å². The molecule has 5 heteroatoms. The number of benzene rings is 1. The molecule has 1 aromatic heterocycles. The molecule has 0 aliphatic carbocycles. The van der Waals surface area contributed by atoms with Crippen LogP contribution < -0.4 is 5.32 Å². The van der Waals surface area contributed by atoms with Crippen LogP contribution in [0, 0.1) is 5.82 Å². The second-order valence-corrected chi connectivity index (χ2v) is 4.16. The Balaban J connectivity index is 2.09. The first-order chi connectivity index (χ1) is 9.20. The molecule has 0 fully saturated rings. The molecule has 2 rings (SSSR count). The van der Waals surface area contributed by atoms with Gasteiger partial charge in [0.15, 0.2) is 0 Å². The Morgan fingerprint density at radius 3 is 3.05 bits per heavy atom. The van der Waals surface area contributed by atoms with Crippen LogP contribution in [0.3, 0.4) is 0 Å². The molecule has 1 amide bonds. The topological polar surface area (TPSA) is 51.2 Å². The van der Waals surface area contributed by atoms with Gasteiger partial charge in [-0.15, -0.1) is 0 Å². The van der Waals surface area contributed by atoms with Gasteiger partial charge in [-0.2, -0.15) is 0 Å². The van der Waals surface area contributed by atoms with Crippen LogP contribution in [0.1, 0.15) is 16.8 Å². The summed E-state index contributed by atoms with van der Waals surface area (Å²) in [7, 11) is 1.61. The number of aromatic nitrogens is 1. The van der Waals surface area contributed by atoms with Gasteiger partial charge >= 0.3 is 0 Å². The maximum absolute atomic E-state index is 13.1. The number of rotatable bonds is 5. The fraction of sp³-hybridized carbons (Fsp3) is 0.286. The van der Waals surface area contributed by atoms with Crippen molar-refractivity contribution >= 4 is 16.8 Å². The quantitative estimate of drug-likeness (QED) is 0.840. The van der Waals surface area contributed by atoms with Crippen molar-refractivity contribution in [2.75, 3.05) is 20.3 Å². The van der Waals surface area contributed by atoms with Gasteiger partial charge in [-0.05, 0) is 30.7 Å². The average Bonchev–Trinajstić information content (AvgIpc) is 2.42. The van der Waals surface area contributed by atoms with E-state index in [4.69, 9.17) is 4.74 Å². The molecule has 1 heterocycles. The minimum absolute atomic E-state index is 0.213. The van der Waals surface area contributed by atoms with E-state index < -0.39 is 0 Å². The molecule has 100 valence electrons. The zero-order valence-corrected chi connectivity index (χ0v) is 10.6. The summed E-state index contributed by atoms with van der Waals surface area (Å²) in [5.41, 5.74) is 1.09. The average molecular weight is 262 g/mol. The lowest BCUT2D eigenvalue weighted by atomic mass is 10.1. The number of fused-ring (bicyclic) bond motifs is 1. The first-order valence-electron chi connectivity index (χ1n) is 6.03. The van der Waals surface area contributed by atoms with Crippen LogP contribution in [-0.4, -0.2) is 31.2 Å². The smallest absolute Gasteiger partial charge is 0.252 e. The molecular formula is C14H15FN2O2. The van der Waals surface area contributed by atoms with Crippen LogP contribution in [0.25, 0.3) is 10.9 Å². The van der Waals surface area contributed by atoms with Crippen LogP contribution in [0.5, 0.6) is 0 Å². The van der Waals surface area contributed by atoms with Crippen molar-refractivity contribution in [3.63, 3.8) is 0 Å². The Bertz CT molecular complexity index is 587. The Kier molecular flexibility index (Phi) is 4.41. The number of hydrogen-bond donors (Lipinski definition) is 1. The Labute approximate surface area is 110 Å². The number of pyridine rings is 1. The van der Waals surface area contributed by atoms with E-state index in [1.807, 2.05) is 0 Å². The summed E-state index contributed by atoms with van der Waals surface area (Å²) in [6.07, 6.45) is 2.24. The molecule has 4 nitrogen and oxygen atoms in total. The van der Waals surface area contributed by atoms with Crippen molar-refractivity contribution < 1.29 is 13.9 Å². The normalized spacial score (nSPS) is 10.6. The largest absolute Gasteiger partial charge is 0.385 e. The second-order valence-electron chi connectivity index (χ2n) is 4.16. The zero-order valence-electron chi connectivity index (χ0n) is 10.6. The Morgan fingerprint density at radius 1 is 1.42 bits per heavy atom. The number of carbonyl (C=O) groups excluding carboxylic acids is 1. The first-order valence-corrected chi connectivity index (χ1v) is 6.03. The molecule has 0 bridgehead atoms. The summed E-state index contributed by atoms with van der Waals surface area (Å²) in [6, 6.07) is 5.94. The lowest BCUT2D eigenvalue weighted by molar-refractivity contribution is 0.0948. The maximum atomic E-state index is 13.1. The number of ether oxygens (including phenoxy) is 1. The summed E-state index contributed by atoms with van der Waals surface area (Å²) in [4.78, 5) is 16.0. The minimum Gasteiger partial charge on any atom is -0.385 e. The molecule has 2 aromatic rings. The highest BCUT2D eigenvalue weighted by atomic mass is 19.1. The number of methoxy groups -OCH3 is 1. The number of hydrogen-bond acceptors (Lipinski definition) is 3. The van der Waals surface area contributed by atoms with E-state index in [0.717, 1.165) is 6.42 Å². The third kappa shape index (κ3) is 3.48. The van der Waals surface area contributed by atoms with Crippen molar-refractivity contribution in [1.29, 1.82) is 0 Å². The van der Waals surface area contributed by atoms with Gasteiger partial charge < -0.3 is 10.1 Å². The monoisotopic (exact) mass is 262 g/mol. The molecule has 0 unspecified atom stereocenters. The Hall–Kier alpha value is -2.01. The Morgan fingerprint density at radius 2 is 2.26 bits per heavy atom. The molecule has 0 saturated carbocycles. The van der Waals surface area contributed by atoms with Gasteiger partial charge in [0.2, 0.25) is 0 Å². The van der Waals surface area contributed by atoms with Crippen LogP contribution in [0.4, 0.5) is 4.39 Å². The summed E-state index contributed by atoms with van der Waals surface area (Å²) >= 11 is 0. The predicted octanol–water partition coefficient (Wildman–Crippen LogP) is 2.14. The van der Waals surface area contributed by atoms with E-state index >= 15 is 0 Å². The molecule has 0 saturated heterocycles. The van der Waals surface area contributed by atoms with Gasteiger partial charge in [0.05, 0.1) is 11.1 Å². The predicted molar refractivity (Wildman–Crippen MR) is 70.5 cm³/mol. The van der Waals surface area contributed by atoms with E-state index in [0.29, 0.717) is 29.6 Å². The molecule has 0 spiro atoms. The maximum Gasteiger partial charge on any atom is 0.252 e. The third-order valence-corrected chi connectivity index (χ3v) is 2.72. The third-order valence-electron chi connectivity index (χ3n) is 2.72. The van der Waals surface area contributed by atoms with Crippen molar-refractivity contribution in [1.82, 2.24) is 10.3 Å². The van der Waals surface area contributed by atoms with Crippen molar-refractivity contribution in [2.24, 2.45) is 0 Å². The summed E-state index contributed by atoms with van der Waals surface area (Å²) in [5, 5.41) is 3.38. The minimum atomic E-state index is -0.341. The van der Waals surface area contributed by atoms with Crippen LogP contribution >= 0.6 is 0 Å². The van der Waals surface area contributed by atoms with Crippen molar-refractivity contribution in [3.05, 3.63) is 41.8 Å². The van der Waals surface area contributed by atoms with E-state index in [-0.39, 0.29) is 11.7 Å².